The molecular weight excluding hydrogens is 564 g/mol. The maximum Gasteiger partial charge on any atom is 0.0992 e. The predicted octanol–water partition coefficient (Wildman–Crippen LogP) is 9.43. The average molecular weight is 588 g/mol. The maximum absolute atomic E-state index is 9.28. The molecule has 0 saturated carbocycles. The molecule has 6 nitrogen and oxygen atoms in total. The van der Waals surface area contributed by atoms with Crippen molar-refractivity contribution in [2.75, 3.05) is 0 Å². The zero-order valence-electron chi connectivity index (χ0n) is 24.5. The Hall–Kier alpha value is -6.63. The number of benzene rings is 4. The Labute approximate surface area is 265 Å². The number of nitrogens with zero attached hydrogens (tertiary/aromatic N) is 6. The van der Waals surface area contributed by atoms with Crippen LogP contribution in [0.25, 0.3) is 65.7 Å². The number of hydrogen-bond donors (Lipinski definition) is 0. The fraction of sp³-hybridized carbons (Fsp3) is 0.0250. The van der Waals surface area contributed by atoms with Gasteiger partial charge in [0.05, 0.1) is 34.7 Å². The second kappa shape index (κ2) is 11.1. The lowest BCUT2D eigenvalue weighted by molar-refractivity contribution is 0.955. The minimum atomic E-state index is -0.226. The Balaban J connectivity index is 1.20. The molecule has 0 N–H and O–H groups in total. The molecule has 1 atom stereocenters. The summed E-state index contributed by atoms with van der Waals surface area (Å²) in [6.07, 6.45) is 11.2. The standard InChI is InChI=1S/C40H23N6/c41-21-25-13-15-43-39(17-25)37-11-7-29(23-45-37)27-5-9-33-31-3-1-2-4-32(31)34-10-6-28(20-36(34)35(33)19-27)30-8-12-38(46-24-30)40-18-26(22-42)14-16-44-40/h1-20,23-24,37H/q-1. The van der Waals surface area contributed by atoms with E-state index in [1.807, 2.05) is 24.5 Å². The van der Waals surface area contributed by atoms with Crippen LogP contribution in [-0.4, -0.2) is 15.0 Å². The van der Waals surface area contributed by atoms with E-state index in [2.05, 4.69) is 99.9 Å². The smallest absolute Gasteiger partial charge is 0.0992 e. The summed E-state index contributed by atoms with van der Waals surface area (Å²) in [5.41, 5.74) is 7.42. The molecule has 1 unspecified atom stereocenters. The summed E-state index contributed by atoms with van der Waals surface area (Å²) in [6, 6.07) is 36.8. The normalized spacial score (nSPS) is 14.0. The molecule has 3 aromatic heterocycles. The monoisotopic (exact) mass is 587 g/mol. The van der Waals surface area contributed by atoms with E-state index in [-0.39, 0.29) is 6.04 Å². The van der Waals surface area contributed by atoms with Gasteiger partial charge in [0, 0.05) is 29.8 Å². The van der Waals surface area contributed by atoms with Crippen molar-refractivity contribution in [2.24, 2.45) is 0 Å². The number of fused-ring (bicyclic) bond motifs is 6. The average Bonchev–Trinajstić information content (AvgIpc) is 3.14. The first-order valence-electron chi connectivity index (χ1n) is 14.8. The van der Waals surface area contributed by atoms with E-state index in [1.54, 1.807) is 36.7 Å². The lowest BCUT2D eigenvalue weighted by Crippen LogP contribution is -2.00. The lowest BCUT2D eigenvalue weighted by atomic mass is 9.90. The van der Waals surface area contributed by atoms with Gasteiger partial charge in [-0.1, -0.05) is 72.8 Å². The minimum absolute atomic E-state index is 0.226. The van der Waals surface area contributed by atoms with Gasteiger partial charge in [0.2, 0.25) is 0 Å². The summed E-state index contributed by atoms with van der Waals surface area (Å²) >= 11 is 0. The van der Waals surface area contributed by atoms with Crippen molar-refractivity contribution >= 4 is 37.9 Å². The fourth-order valence-corrected chi connectivity index (χ4v) is 6.15. The highest BCUT2D eigenvalue weighted by molar-refractivity contribution is 6.26. The van der Waals surface area contributed by atoms with Crippen LogP contribution in [-0.2, 0) is 0 Å². The molecule has 0 fully saturated rings. The number of allylic oxidation sites excluding steroid dienone is 2. The van der Waals surface area contributed by atoms with Crippen LogP contribution in [0.3, 0.4) is 0 Å². The quantitative estimate of drug-likeness (QED) is 0.191. The molecule has 46 heavy (non-hydrogen) atoms. The maximum atomic E-state index is 9.28. The van der Waals surface area contributed by atoms with E-state index < -0.39 is 0 Å². The SMILES string of the molecule is N#Cc1ccnc(-c2ccc(-c3ccc4c5ccccc5c5ccc(C6=C[N-]C(c7cc(C#N)ccn7)C=C6)cc5c4c3)cn2)c1. The molecular formula is C40H23N6-. The highest BCUT2D eigenvalue weighted by Crippen LogP contribution is 2.39. The molecule has 8 rings (SSSR count). The van der Waals surface area contributed by atoms with Gasteiger partial charge in [0.15, 0.2) is 0 Å². The van der Waals surface area contributed by atoms with Crippen molar-refractivity contribution in [1.82, 2.24) is 15.0 Å². The van der Waals surface area contributed by atoms with Crippen LogP contribution in [0.1, 0.15) is 28.4 Å². The van der Waals surface area contributed by atoms with Gasteiger partial charge in [-0.25, -0.2) is 0 Å². The molecule has 7 aromatic rings. The number of pyridine rings is 3. The highest BCUT2D eigenvalue weighted by Gasteiger charge is 2.13. The van der Waals surface area contributed by atoms with E-state index in [4.69, 9.17) is 5.32 Å². The zero-order valence-corrected chi connectivity index (χ0v) is 24.5. The summed E-state index contributed by atoms with van der Waals surface area (Å²) < 4.78 is 0. The van der Waals surface area contributed by atoms with Crippen LogP contribution in [0.15, 0.2) is 134 Å². The molecule has 6 heteroatoms. The van der Waals surface area contributed by atoms with E-state index in [0.29, 0.717) is 16.8 Å². The summed E-state index contributed by atoms with van der Waals surface area (Å²) in [7, 11) is 0. The molecule has 0 radical (unpaired) electrons. The van der Waals surface area contributed by atoms with Gasteiger partial charge in [-0.15, -0.1) is 0 Å². The molecule has 0 saturated heterocycles. The predicted molar refractivity (Wildman–Crippen MR) is 182 cm³/mol. The highest BCUT2D eigenvalue weighted by atomic mass is 14.9. The van der Waals surface area contributed by atoms with Gasteiger partial charge < -0.3 is 5.32 Å². The third-order valence-corrected chi connectivity index (χ3v) is 8.46. The molecule has 0 bridgehead atoms. The van der Waals surface area contributed by atoms with E-state index >= 15 is 0 Å². The van der Waals surface area contributed by atoms with Crippen LogP contribution in [0.2, 0.25) is 0 Å². The molecule has 214 valence electrons. The van der Waals surface area contributed by atoms with Crippen molar-refractivity contribution in [1.29, 1.82) is 10.5 Å². The van der Waals surface area contributed by atoms with Gasteiger partial charge in [-0.2, -0.15) is 16.7 Å². The van der Waals surface area contributed by atoms with Crippen LogP contribution < -0.4 is 0 Å². The van der Waals surface area contributed by atoms with Crippen LogP contribution >= 0.6 is 0 Å². The van der Waals surface area contributed by atoms with Gasteiger partial charge in [0.25, 0.3) is 0 Å². The summed E-state index contributed by atoms with van der Waals surface area (Å²) in [5.74, 6) is 0. The third-order valence-electron chi connectivity index (χ3n) is 8.46. The Morgan fingerprint density at radius 2 is 1.22 bits per heavy atom. The Kier molecular flexibility index (Phi) is 6.53. The van der Waals surface area contributed by atoms with E-state index in [1.165, 1.54) is 21.5 Å². The molecule has 4 aromatic carbocycles. The Bertz CT molecular complexity index is 2480. The van der Waals surface area contributed by atoms with Crippen LogP contribution in [0, 0.1) is 22.7 Å². The van der Waals surface area contributed by atoms with E-state index in [0.717, 1.165) is 44.4 Å². The van der Waals surface area contributed by atoms with Crippen molar-refractivity contribution in [2.45, 2.75) is 6.04 Å². The number of hydrogen-bond acceptors (Lipinski definition) is 5. The first kappa shape index (κ1) is 27.0. The lowest BCUT2D eigenvalue weighted by Gasteiger charge is -2.31. The third kappa shape index (κ3) is 4.72. The molecule has 4 heterocycles. The topological polar surface area (TPSA) is 100 Å². The molecule has 0 amide bonds. The zero-order chi connectivity index (χ0) is 31.0. The summed E-state index contributed by atoms with van der Waals surface area (Å²) in [5, 5.41) is 30.4. The number of rotatable bonds is 4. The molecule has 1 aliphatic rings. The van der Waals surface area contributed by atoms with E-state index in [9.17, 15) is 10.5 Å². The fourth-order valence-electron chi connectivity index (χ4n) is 6.15. The Morgan fingerprint density at radius 3 is 1.89 bits per heavy atom. The van der Waals surface area contributed by atoms with Crippen molar-refractivity contribution < 1.29 is 0 Å². The van der Waals surface area contributed by atoms with Gasteiger partial charge in [-0.05, 0) is 91.5 Å². The van der Waals surface area contributed by atoms with Gasteiger partial charge in [-0.3, -0.25) is 15.0 Å². The van der Waals surface area contributed by atoms with Crippen LogP contribution in [0.4, 0.5) is 0 Å². The summed E-state index contributed by atoms with van der Waals surface area (Å²) in [6.45, 7) is 0. The largest absolute Gasteiger partial charge is 0.679 e. The van der Waals surface area contributed by atoms with Crippen molar-refractivity contribution in [3.8, 4) is 34.7 Å². The Morgan fingerprint density at radius 1 is 0.565 bits per heavy atom. The van der Waals surface area contributed by atoms with Crippen molar-refractivity contribution in [3.05, 3.63) is 162 Å². The molecule has 0 aliphatic carbocycles. The number of aromatic nitrogens is 3. The molecule has 0 spiro atoms. The first-order chi connectivity index (χ1) is 22.7. The second-order valence-electron chi connectivity index (χ2n) is 11.2. The molecule has 1 aliphatic heterocycles. The van der Waals surface area contributed by atoms with Gasteiger partial charge in [0.1, 0.15) is 0 Å². The van der Waals surface area contributed by atoms with Crippen molar-refractivity contribution in [3.63, 3.8) is 0 Å². The first-order valence-corrected chi connectivity index (χ1v) is 14.8. The van der Waals surface area contributed by atoms with Gasteiger partial charge >= 0.3 is 0 Å². The second-order valence-corrected chi connectivity index (χ2v) is 11.2. The minimum Gasteiger partial charge on any atom is -0.679 e. The number of nitriles is 2. The summed E-state index contributed by atoms with van der Waals surface area (Å²) in [4.78, 5) is 13.5. The van der Waals surface area contributed by atoms with Crippen LogP contribution in [0.5, 0.6) is 0 Å².